The number of amides is 2. The molecule has 1 saturated carbocycles. The van der Waals surface area contributed by atoms with Gasteiger partial charge in [0, 0.05) is 42.9 Å². The number of carbonyl (C=O) groups is 2. The number of nitrogens with zero attached hydrogens (tertiary/aromatic N) is 4. The number of aromatic nitrogens is 3. The van der Waals surface area contributed by atoms with E-state index in [-0.39, 0.29) is 17.9 Å². The molecule has 29 heavy (non-hydrogen) atoms. The molecule has 0 aromatic carbocycles. The lowest BCUT2D eigenvalue weighted by Crippen LogP contribution is -2.38. The monoisotopic (exact) mass is 397 g/mol. The highest BCUT2D eigenvalue weighted by Gasteiger charge is 2.29. The average molecular weight is 398 g/mol. The number of carbonyl (C=O) groups excluding carboxylic acids is 2. The normalized spacial score (nSPS) is 19.6. The van der Waals surface area contributed by atoms with Crippen LogP contribution in [0.1, 0.15) is 80.6 Å². The van der Waals surface area contributed by atoms with E-state index in [0.717, 1.165) is 66.9 Å². The molecule has 2 aromatic rings. The Hall–Kier alpha value is -2.44. The molecule has 1 aliphatic carbocycles. The molecule has 1 saturated heterocycles. The zero-order valence-electron chi connectivity index (χ0n) is 17.7. The van der Waals surface area contributed by atoms with Gasteiger partial charge in [-0.25, -0.2) is 9.50 Å². The summed E-state index contributed by atoms with van der Waals surface area (Å²) in [5.74, 6) is 0.304. The predicted molar refractivity (Wildman–Crippen MR) is 111 cm³/mol. The van der Waals surface area contributed by atoms with E-state index in [1.807, 2.05) is 36.3 Å². The van der Waals surface area contributed by atoms with Gasteiger partial charge in [-0.05, 0) is 57.9 Å². The van der Waals surface area contributed by atoms with Crippen molar-refractivity contribution in [2.45, 2.75) is 84.2 Å². The van der Waals surface area contributed by atoms with Crippen LogP contribution in [0.5, 0.6) is 0 Å². The number of rotatable bonds is 6. The minimum Gasteiger partial charge on any atom is -0.353 e. The van der Waals surface area contributed by atoms with E-state index in [0.29, 0.717) is 25.3 Å². The number of hydrogen-bond acceptors (Lipinski definition) is 4. The van der Waals surface area contributed by atoms with E-state index in [4.69, 9.17) is 10.1 Å². The van der Waals surface area contributed by atoms with Gasteiger partial charge in [-0.1, -0.05) is 6.92 Å². The van der Waals surface area contributed by atoms with Gasteiger partial charge in [0.1, 0.15) is 0 Å². The van der Waals surface area contributed by atoms with Gasteiger partial charge in [-0.15, -0.1) is 0 Å². The number of piperidine rings is 1. The predicted octanol–water partition coefficient (Wildman–Crippen LogP) is 3.02. The summed E-state index contributed by atoms with van der Waals surface area (Å²) >= 11 is 0. The second-order valence-corrected chi connectivity index (χ2v) is 8.39. The maximum absolute atomic E-state index is 12.4. The molecule has 2 aliphatic rings. The fourth-order valence-corrected chi connectivity index (χ4v) is 4.38. The first kappa shape index (κ1) is 19.9. The third-order valence-corrected chi connectivity index (χ3v) is 6.19. The molecule has 7 heteroatoms. The Morgan fingerprint density at radius 2 is 2.00 bits per heavy atom. The highest BCUT2D eigenvalue weighted by molar-refractivity contribution is 5.77. The van der Waals surface area contributed by atoms with Gasteiger partial charge in [0.15, 0.2) is 5.65 Å². The van der Waals surface area contributed by atoms with Crippen LogP contribution in [0.4, 0.5) is 0 Å². The lowest BCUT2D eigenvalue weighted by molar-refractivity contribution is -0.134. The van der Waals surface area contributed by atoms with Crippen LogP contribution < -0.4 is 5.32 Å². The molecule has 2 aromatic heterocycles. The van der Waals surface area contributed by atoms with Gasteiger partial charge < -0.3 is 10.2 Å². The molecule has 1 N–H and O–H groups in total. The molecule has 2 fully saturated rings. The first-order valence-corrected chi connectivity index (χ1v) is 10.9. The van der Waals surface area contributed by atoms with E-state index >= 15 is 0 Å². The van der Waals surface area contributed by atoms with Gasteiger partial charge in [0.2, 0.25) is 11.8 Å². The zero-order valence-corrected chi connectivity index (χ0v) is 17.7. The largest absolute Gasteiger partial charge is 0.353 e. The standard InChI is InChI=1S/C22H31N5O2/c1-4-22(29)26-12-6-5-7-19(26)18-13-20-23-14(2)17(15(3)27(20)25-18)10-11-21(28)24-16-8-9-16/h13,16,19H,4-12H2,1-3H3,(H,24,28). The molecule has 3 heterocycles. The molecule has 0 bridgehead atoms. The fourth-order valence-electron chi connectivity index (χ4n) is 4.38. The minimum atomic E-state index is 0.0328. The number of nitrogens with one attached hydrogen (secondary N) is 1. The molecular formula is C22H31N5O2. The molecule has 0 radical (unpaired) electrons. The van der Waals surface area contributed by atoms with Crippen LogP contribution in [-0.2, 0) is 16.0 Å². The van der Waals surface area contributed by atoms with Crippen molar-refractivity contribution in [1.82, 2.24) is 24.8 Å². The quantitative estimate of drug-likeness (QED) is 0.813. The van der Waals surface area contributed by atoms with E-state index < -0.39 is 0 Å². The lowest BCUT2D eigenvalue weighted by atomic mass is 9.99. The second kappa shape index (κ2) is 8.13. The van der Waals surface area contributed by atoms with Gasteiger partial charge in [-0.3, -0.25) is 9.59 Å². The highest BCUT2D eigenvalue weighted by Crippen LogP contribution is 2.31. The molecule has 1 unspecified atom stereocenters. The number of hydrogen-bond donors (Lipinski definition) is 1. The van der Waals surface area contributed by atoms with Crippen molar-refractivity contribution in [2.24, 2.45) is 0 Å². The van der Waals surface area contributed by atoms with Crippen LogP contribution in [0.2, 0.25) is 0 Å². The van der Waals surface area contributed by atoms with Crippen molar-refractivity contribution >= 4 is 17.5 Å². The highest BCUT2D eigenvalue weighted by atomic mass is 16.2. The number of aryl methyl sites for hydroxylation is 2. The molecule has 1 atom stereocenters. The summed E-state index contributed by atoms with van der Waals surface area (Å²) in [6.45, 7) is 6.76. The van der Waals surface area contributed by atoms with Crippen LogP contribution in [0.3, 0.4) is 0 Å². The zero-order chi connectivity index (χ0) is 20.5. The first-order chi connectivity index (χ1) is 14.0. The van der Waals surface area contributed by atoms with E-state index in [9.17, 15) is 9.59 Å². The van der Waals surface area contributed by atoms with Crippen LogP contribution in [0.15, 0.2) is 6.07 Å². The van der Waals surface area contributed by atoms with Gasteiger partial charge in [0.25, 0.3) is 0 Å². The summed E-state index contributed by atoms with van der Waals surface area (Å²) in [5, 5.41) is 7.90. The SMILES string of the molecule is CCC(=O)N1CCCCC1c1cc2nc(C)c(CCC(=O)NC3CC3)c(C)n2n1. The summed E-state index contributed by atoms with van der Waals surface area (Å²) in [7, 11) is 0. The third kappa shape index (κ3) is 4.14. The van der Waals surface area contributed by atoms with Crippen LogP contribution >= 0.6 is 0 Å². The number of likely N-dealkylation sites (tertiary alicyclic amines) is 1. The van der Waals surface area contributed by atoms with Gasteiger partial charge in [-0.2, -0.15) is 5.10 Å². The molecule has 4 rings (SSSR count). The Kier molecular flexibility index (Phi) is 5.56. The summed E-state index contributed by atoms with van der Waals surface area (Å²) in [6, 6.07) is 2.45. The Labute approximate surface area is 171 Å². The van der Waals surface area contributed by atoms with Crippen LogP contribution in [0.25, 0.3) is 5.65 Å². The third-order valence-electron chi connectivity index (χ3n) is 6.19. The minimum absolute atomic E-state index is 0.0328. The first-order valence-electron chi connectivity index (χ1n) is 10.9. The maximum atomic E-state index is 12.4. The molecular weight excluding hydrogens is 366 g/mol. The van der Waals surface area contributed by atoms with Crippen molar-refractivity contribution in [3.8, 4) is 0 Å². The summed E-state index contributed by atoms with van der Waals surface area (Å²) in [5.41, 5.74) is 4.80. The molecule has 7 nitrogen and oxygen atoms in total. The van der Waals surface area contributed by atoms with E-state index in [1.54, 1.807) is 0 Å². The van der Waals surface area contributed by atoms with E-state index in [2.05, 4.69) is 5.32 Å². The van der Waals surface area contributed by atoms with Crippen LogP contribution in [0, 0.1) is 13.8 Å². The Bertz CT molecular complexity index is 931. The molecule has 1 aliphatic heterocycles. The summed E-state index contributed by atoms with van der Waals surface area (Å²) in [6.07, 6.45) is 6.98. The van der Waals surface area contributed by atoms with Crippen molar-refractivity contribution in [3.05, 3.63) is 28.7 Å². The summed E-state index contributed by atoms with van der Waals surface area (Å²) in [4.78, 5) is 31.3. The Balaban J connectivity index is 1.59. The van der Waals surface area contributed by atoms with Crippen LogP contribution in [-0.4, -0.2) is 43.9 Å². The van der Waals surface area contributed by atoms with Crippen molar-refractivity contribution in [2.75, 3.05) is 6.54 Å². The van der Waals surface area contributed by atoms with Crippen molar-refractivity contribution in [1.29, 1.82) is 0 Å². The fraction of sp³-hybridized carbons (Fsp3) is 0.636. The smallest absolute Gasteiger partial charge is 0.222 e. The Morgan fingerprint density at radius 1 is 1.21 bits per heavy atom. The van der Waals surface area contributed by atoms with E-state index in [1.165, 1.54) is 0 Å². The van der Waals surface area contributed by atoms with Crippen molar-refractivity contribution in [3.63, 3.8) is 0 Å². The molecule has 156 valence electrons. The Morgan fingerprint density at radius 3 is 2.72 bits per heavy atom. The van der Waals surface area contributed by atoms with Gasteiger partial charge >= 0.3 is 0 Å². The summed E-state index contributed by atoms with van der Waals surface area (Å²) < 4.78 is 1.89. The second-order valence-electron chi connectivity index (χ2n) is 8.39. The van der Waals surface area contributed by atoms with Gasteiger partial charge in [0.05, 0.1) is 11.7 Å². The maximum Gasteiger partial charge on any atom is 0.222 e. The average Bonchev–Trinajstić information content (AvgIpc) is 3.42. The topological polar surface area (TPSA) is 79.6 Å². The molecule has 0 spiro atoms. The molecule has 2 amide bonds. The lowest BCUT2D eigenvalue weighted by Gasteiger charge is -2.34. The van der Waals surface area contributed by atoms with Crippen molar-refractivity contribution < 1.29 is 9.59 Å². The number of fused-ring (bicyclic) bond motifs is 1.